The molecule has 0 aliphatic carbocycles. The molecular formula is C13H24N4O2. The minimum Gasteiger partial charge on any atom is -0.353 e. The highest BCUT2D eigenvalue weighted by molar-refractivity contribution is 6.12. The van der Waals surface area contributed by atoms with Gasteiger partial charge in [0.05, 0.1) is 11.3 Å². The van der Waals surface area contributed by atoms with Gasteiger partial charge in [0, 0.05) is 6.54 Å². The first-order chi connectivity index (χ1) is 8.66. The third-order valence-corrected chi connectivity index (χ3v) is 4.04. The monoisotopic (exact) mass is 268 g/mol. The van der Waals surface area contributed by atoms with E-state index in [0.717, 1.165) is 5.71 Å². The Kier molecular flexibility index (Phi) is 4.35. The van der Waals surface area contributed by atoms with Gasteiger partial charge in [-0.3, -0.25) is 14.5 Å². The standard InChI is InChI=1S/C13H24N4O2/c1-7-9-13(4,11(19)16-15-9)8-14-10(18)12(2,3)17(5)6/h7-8H2,1-6H3,(H,14,18)(H,16,19). The zero-order chi connectivity index (χ0) is 14.8. The van der Waals surface area contributed by atoms with Crippen molar-refractivity contribution in [2.24, 2.45) is 10.5 Å². The summed E-state index contributed by atoms with van der Waals surface area (Å²) < 4.78 is 0. The van der Waals surface area contributed by atoms with E-state index in [1.165, 1.54) is 0 Å². The number of rotatable bonds is 5. The second-order valence-electron chi connectivity index (χ2n) is 5.82. The number of nitrogens with zero attached hydrogens (tertiary/aromatic N) is 2. The van der Waals surface area contributed by atoms with Gasteiger partial charge in [-0.05, 0) is 41.3 Å². The van der Waals surface area contributed by atoms with Gasteiger partial charge in [0.15, 0.2) is 0 Å². The molecule has 0 bridgehead atoms. The Labute approximate surface area is 114 Å². The highest BCUT2D eigenvalue weighted by Crippen LogP contribution is 2.25. The van der Waals surface area contributed by atoms with Crippen LogP contribution in [0.2, 0.25) is 0 Å². The molecule has 2 amide bonds. The Morgan fingerprint density at radius 1 is 1.47 bits per heavy atom. The van der Waals surface area contributed by atoms with Gasteiger partial charge in [-0.25, -0.2) is 5.43 Å². The Morgan fingerprint density at radius 2 is 2.05 bits per heavy atom. The van der Waals surface area contributed by atoms with Crippen LogP contribution in [0.4, 0.5) is 0 Å². The van der Waals surface area contributed by atoms with Crippen molar-refractivity contribution in [3.8, 4) is 0 Å². The first kappa shape index (κ1) is 15.6. The first-order valence-corrected chi connectivity index (χ1v) is 6.49. The summed E-state index contributed by atoms with van der Waals surface area (Å²) in [7, 11) is 3.70. The van der Waals surface area contributed by atoms with E-state index in [4.69, 9.17) is 0 Å². The van der Waals surface area contributed by atoms with Crippen LogP contribution in [0.1, 0.15) is 34.1 Å². The fourth-order valence-corrected chi connectivity index (χ4v) is 1.82. The van der Waals surface area contributed by atoms with Crippen LogP contribution in [0.5, 0.6) is 0 Å². The van der Waals surface area contributed by atoms with E-state index in [9.17, 15) is 9.59 Å². The summed E-state index contributed by atoms with van der Waals surface area (Å²) in [6, 6.07) is 0. The van der Waals surface area contributed by atoms with Gasteiger partial charge in [-0.15, -0.1) is 0 Å². The van der Waals surface area contributed by atoms with Crippen molar-refractivity contribution in [3.63, 3.8) is 0 Å². The number of amides is 2. The maximum atomic E-state index is 12.2. The van der Waals surface area contributed by atoms with Gasteiger partial charge in [-0.1, -0.05) is 6.92 Å². The molecule has 0 saturated heterocycles. The number of hydrazone groups is 1. The lowest BCUT2D eigenvalue weighted by Gasteiger charge is -2.32. The van der Waals surface area contributed by atoms with E-state index in [-0.39, 0.29) is 18.4 Å². The van der Waals surface area contributed by atoms with Crippen LogP contribution in [0.15, 0.2) is 5.10 Å². The van der Waals surface area contributed by atoms with Crippen molar-refractivity contribution in [1.82, 2.24) is 15.6 Å². The van der Waals surface area contributed by atoms with Crippen LogP contribution in [-0.4, -0.2) is 48.6 Å². The second-order valence-corrected chi connectivity index (χ2v) is 5.82. The maximum Gasteiger partial charge on any atom is 0.253 e. The smallest absolute Gasteiger partial charge is 0.253 e. The van der Waals surface area contributed by atoms with E-state index in [1.807, 2.05) is 39.8 Å². The van der Waals surface area contributed by atoms with Gasteiger partial charge in [-0.2, -0.15) is 5.10 Å². The normalized spacial score (nSPS) is 23.3. The van der Waals surface area contributed by atoms with Crippen LogP contribution in [-0.2, 0) is 9.59 Å². The molecule has 0 spiro atoms. The summed E-state index contributed by atoms with van der Waals surface area (Å²) in [5.41, 5.74) is 1.90. The molecule has 1 unspecified atom stereocenters. The van der Waals surface area contributed by atoms with Gasteiger partial charge in [0.2, 0.25) is 5.91 Å². The average Bonchev–Trinajstić information content (AvgIpc) is 2.62. The lowest BCUT2D eigenvalue weighted by Crippen LogP contribution is -2.55. The molecule has 1 aliphatic rings. The van der Waals surface area contributed by atoms with Crippen LogP contribution < -0.4 is 10.7 Å². The molecule has 6 nitrogen and oxygen atoms in total. The van der Waals surface area contributed by atoms with Crippen molar-refractivity contribution in [1.29, 1.82) is 0 Å². The fourth-order valence-electron chi connectivity index (χ4n) is 1.82. The largest absolute Gasteiger partial charge is 0.353 e. The predicted octanol–water partition coefficient (Wildman–Crippen LogP) is 0.345. The summed E-state index contributed by atoms with van der Waals surface area (Å²) in [6.07, 6.45) is 0.683. The van der Waals surface area contributed by atoms with Crippen LogP contribution in [0.3, 0.4) is 0 Å². The minimum atomic E-state index is -0.743. The molecule has 0 fully saturated rings. The Morgan fingerprint density at radius 3 is 2.53 bits per heavy atom. The quantitative estimate of drug-likeness (QED) is 0.755. The minimum absolute atomic E-state index is 0.103. The third kappa shape index (κ3) is 2.78. The molecule has 6 heteroatoms. The number of likely N-dealkylation sites (N-methyl/N-ethyl adjacent to an activating group) is 1. The number of carbonyl (C=O) groups is 2. The highest BCUT2D eigenvalue weighted by Gasteiger charge is 2.43. The Hall–Kier alpha value is -1.43. The van der Waals surface area contributed by atoms with Crippen LogP contribution in [0, 0.1) is 5.41 Å². The first-order valence-electron chi connectivity index (χ1n) is 6.49. The molecule has 1 aliphatic heterocycles. The molecule has 108 valence electrons. The van der Waals surface area contributed by atoms with Crippen molar-refractivity contribution < 1.29 is 9.59 Å². The SMILES string of the molecule is CCC1=NNC(=O)C1(C)CNC(=O)C(C)(C)N(C)C. The fraction of sp³-hybridized carbons (Fsp3) is 0.769. The van der Waals surface area contributed by atoms with Gasteiger partial charge in [0.25, 0.3) is 5.91 Å². The molecule has 0 aromatic rings. The molecule has 0 radical (unpaired) electrons. The zero-order valence-electron chi connectivity index (χ0n) is 12.6. The topological polar surface area (TPSA) is 73.8 Å². The second kappa shape index (κ2) is 5.28. The van der Waals surface area contributed by atoms with Crippen molar-refractivity contribution >= 4 is 17.5 Å². The summed E-state index contributed by atoms with van der Waals surface area (Å²) in [4.78, 5) is 25.9. The van der Waals surface area contributed by atoms with E-state index >= 15 is 0 Å². The molecule has 1 rings (SSSR count). The van der Waals surface area contributed by atoms with Crippen molar-refractivity contribution in [3.05, 3.63) is 0 Å². The molecule has 1 heterocycles. The summed E-state index contributed by atoms with van der Waals surface area (Å²) in [5, 5.41) is 6.88. The lowest BCUT2D eigenvalue weighted by atomic mass is 9.83. The van der Waals surface area contributed by atoms with E-state index < -0.39 is 11.0 Å². The Bertz CT molecular complexity index is 415. The number of carbonyl (C=O) groups excluding carboxylic acids is 2. The number of hydrogen-bond donors (Lipinski definition) is 2. The molecule has 19 heavy (non-hydrogen) atoms. The zero-order valence-corrected chi connectivity index (χ0v) is 12.6. The van der Waals surface area contributed by atoms with Gasteiger partial charge in [0.1, 0.15) is 5.41 Å². The van der Waals surface area contributed by atoms with Crippen LogP contribution in [0.25, 0.3) is 0 Å². The number of nitrogens with one attached hydrogen (secondary N) is 2. The van der Waals surface area contributed by atoms with E-state index in [0.29, 0.717) is 6.42 Å². The summed E-state index contributed by atoms with van der Waals surface area (Å²) in [6.45, 7) is 7.70. The summed E-state index contributed by atoms with van der Waals surface area (Å²) in [5.74, 6) is -0.263. The predicted molar refractivity (Wildman–Crippen MR) is 74.8 cm³/mol. The van der Waals surface area contributed by atoms with Crippen LogP contribution >= 0.6 is 0 Å². The molecule has 1 atom stereocenters. The molecule has 0 aromatic heterocycles. The van der Waals surface area contributed by atoms with E-state index in [2.05, 4.69) is 15.8 Å². The molecular weight excluding hydrogens is 244 g/mol. The van der Waals surface area contributed by atoms with E-state index in [1.54, 1.807) is 6.92 Å². The summed E-state index contributed by atoms with van der Waals surface area (Å²) >= 11 is 0. The molecule has 0 saturated carbocycles. The lowest BCUT2D eigenvalue weighted by molar-refractivity contribution is -0.131. The van der Waals surface area contributed by atoms with Crippen molar-refractivity contribution in [2.75, 3.05) is 20.6 Å². The highest BCUT2D eigenvalue weighted by atomic mass is 16.2. The third-order valence-electron chi connectivity index (χ3n) is 4.04. The van der Waals surface area contributed by atoms with Gasteiger partial charge >= 0.3 is 0 Å². The maximum absolute atomic E-state index is 12.2. The average molecular weight is 268 g/mol. The number of hydrogen-bond acceptors (Lipinski definition) is 4. The Balaban J connectivity index is 2.74. The van der Waals surface area contributed by atoms with Gasteiger partial charge < -0.3 is 5.32 Å². The molecule has 2 N–H and O–H groups in total. The molecule has 0 aromatic carbocycles. The van der Waals surface area contributed by atoms with Crippen molar-refractivity contribution in [2.45, 2.75) is 39.7 Å².